The van der Waals surface area contributed by atoms with Gasteiger partial charge in [0.1, 0.15) is 5.60 Å². The summed E-state index contributed by atoms with van der Waals surface area (Å²) in [7, 11) is 0. The third-order valence-electron chi connectivity index (χ3n) is 2.28. The maximum atomic E-state index is 11.7. The molecule has 0 aromatic carbocycles. The number of carbonyl (C=O) groups is 2. The summed E-state index contributed by atoms with van der Waals surface area (Å²) in [5, 5.41) is 21.4. The number of rotatable bonds is 1. The quantitative estimate of drug-likeness (QED) is 0.612. The Labute approximate surface area is 99.4 Å². The number of nitrogens with one attached hydrogen (secondary N) is 1. The number of hydrogen-bond acceptors (Lipinski definition) is 5. The molecule has 0 aromatic heterocycles. The molecule has 0 radical (unpaired) electrons. The number of carbonyl (C=O) groups excluding carboxylic acids is 1. The fourth-order valence-corrected chi connectivity index (χ4v) is 1.58. The highest BCUT2D eigenvalue weighted by atomic mass is 16.6. The first-order valence-electron chi connectivity index (χ1n) is 5.36. The Bertz CT molecular complexity index is 312. The summed E-state index contributed by atoms with van der Waals surface area (Å²) in [5.74, 6) is 0. The molecule has 0 aliphatic carbocycles. The van der Waals surface area contributed by atoms with E-state index in [9.17, 15) is 14.7 Å². The lowest BCUT2D eigenvalue weighted by atomic mass is 10.2. The molecule has 0 bridgehead atoms. The lowest BCUT2D eigenvalue weighted by Crippen LogP contribution is -2.51. The zero-order valence-corrected chi connectivity index (χ0v) is 10.1. The van der Waals surface area contributed by atoms with E-state index in [1.54, 1.807) is 20.8 Å². The van der Waals surface area contributed by atoms with Crippen LogP contribution in [-0.4, -0.2) is 58.1 Å². The van der Waals surface area contributed by atoms with E-state index >= 15 is 0 Å². The second-order valence-electron chi connectivity index (χ2n) is 4.93. The van der Waals surface area contributed by atoms with E-state index in [2.05, 4.69) is 5.32 Å². The van der Waals surface area contributed by atoms with Crippen LogP contribution in [0.5, 0.6) is 0 Å². The van der Waals surface area contributed by atoms with E-state index in [1.807, 2.05) is 0 Å². The molecular formula is C10H18N2O5. The number of carboxylic acid groups (broad SMARTS) is 1. The molecule has 1 fully saturated rings. The average molecular weight is 246 g/mol. The van der Waals surface area contributed by atoms with E-state index < -0.39 is 29.9 Å². The molecule has 0 spiro atoms. The standard InChI is InChI=1S/C10H18N2O5/c1-10(2,3)17-9(16)12(8(14)15)6-4-11-5-7(6)13/h6-7,11,13H,4-5H2,1-3H3,(H,14,15). The van der Waals surface area contributed by atoms with Crippen molar-refractivity contribution in [3.05, 3.63) is 0 Å². The minimum atomic E-state index is -1.42. The molecule has 3 N–H and O–H groups in total. The van der Waals surface area contributed by atoms with Crippen LogP contribution >= 0.6 is 0 Å². The van der Waals surface area contributed by atoms with Crippen LogP contribution in [0, 0.1) is 0 Å². The lowest BCUT2D eigenvalue weighted by molar-refractivity contribution is 0.00806. The van der Waals surface area contributed by atoms with Gasteiger partial charge in [0.2, 0.25) is 0 Å². The first kappa shape index (κ1) is 13.7. The molecule has 1 saturated heterocycles. The monoisotopic (exact) mass is 246 g/mol. The van der Waals surface area contributed by atoms with Crippen molar-refractivity contribution >= 4 is 12.2 Å². The SMILES string of the molecule is CC(C)(C)OC(=O)N(C(=O)O)C1CNCC1O. The van der Waals surface area contributed by atoms with Gasteiger partial charge < -0.3 is 20.3 Å². The first-order valence-corrected chi connectivity index (χ1v) is 5.36. The number of aliphatic hydroxyl groups excluding tert-OH is 1. The van der Waals surface area contributed by atoms with Crippen molar-refractivity contribution in [2.45, 2.75) is 38.5 Å². The minimum Gasteiger partial charge on any atom is -0.465 e. The minimum absolute atomic E-state index is 0.229. The average Bonchev–Trinajstić information content (AvgIpc) is 2.48. The van der Waals surface area contributed by atoms with Crippen molar-refractivity contribution in [3.63, 3.8) is 0 Å². The van der Waals surface area contributed by atoms with Crippen molar-refractivity contribution in [3.8, 4) is 0 Å². The molecule has 1 aliphatic rings. The van der Waals surface area contributed by atoms with Crippen LogP contribution in [0.3, 0.4) is 0 Å². The van der Waals surface area contributed by atoms with Crippen molar-refractivity contribution in [1.29, 1.82) is 0 Å². The fraction of sp³-hybridized carbons (Fsp3) is 0.800. The van der Waals surface area contributed by atoms with Crippen molar-refractivity contribution < 1.29 is 24.5 Å². The molecule has 0 saturated carbocycles. The second kappa shape index (κ2) is 4.89. The lowest BCUT2D eigenvalue weighted by Gasteiger charge is -2.29. The zero-order chi connectivity index (χ0) is 13.2. The molecule has 1 aliphatic heterocycles. The van der Waals surface area contributed by atoms with Crippen LogP contribution in [0.1, 0.15) is 20.8 Å². The molecule has 7 nitrogen and oxygen atoms in total. The summed E-state index contributed by atoms with van der Waals surface area (Å²) in [4.78, 5) is 23.3. The Morgan fingerprint density at radius 3 is 2.29 bits per heavy atom. The molecule has 1 rings (SSSR count). The van der Waals surface area contributed by atoms with E-state index in [4.69, 9.17) is 9.84 Å². The molecule has 2 amide bonds. The van der Waals surface area contributed by atoms with Crippen LogP contribution in [0.15, 0.2) is 0 Å². The fourth-order valence-electron chi connectivity index (χ4n) is 1.58. The molecule has 17 heavy (non-hydrogen) atoms. The Morgan fingerprint density at radius 1 is 1.35 bits per heavy atom. The molecule has 98 valence electrons. The number of β-amino-alcohol motifs (C(OH)–C–C–N with tert-alkyl or cyclic N) is 1. The highest BCUT2D eigenvalue weighted by Gasteiger charge is 2.39. The molecule has 1 heterocycles. The Morgan fingerprint density at radius 2 is 1.94 bits per heavy atom. The Kier molecular flexibility index (Phi) is 3.94. The topological polar surface area (TPSA) is 99.1 Å². The van der Waals surface area contributed by atoms with Gasteiger partial charge in [-0.05, 0) is 20.8 Å². The van der Waals surface area contributed by atoms with Gasteiger partial charge in [0.25, 0.3) is 0 Å². The Balaban J connectivity index is 2.79. The molecule has 7 heteroatoms. The normalized spacial score (nSPS) is 24.5. The van der Waals surface area contributed by atoms with Crippen LogP contribution in [0.25, 0.3) is 0 Å². The van der Waals surface area contributed by atoms with E-state index in [1.165, 1.54) is 0 Å². The maximum absolute atomic E-state index is 11.7. The van der Waals surface area contributed by atoms with Gasteiger partial charge in [0.05, 0.1) is 12.1 Å². The van der Waals surface area contributed by atoms with E-state index in [-0.39, 0.29) is 13.1 Å². The van der Waals surface area contributed by atoms with E-state index in [0.29, 0.717) is 4.90 Å². The van der Waals surface area contributed by atoms with Crippen LogP contribution in [-0.2, 0) is 4.74 Å². The number of ether oxygens (including phenoxy) is 1. The van der Waals surface area contributed by atoms with Gasteiger partial charge in [-0.3, -0.25) is 0 Å². The number of hydrogen-bond donors (Lipinski definition) is 3. The predicted molar refractivity (Wildman–Crippen MR) is 58.8 cm³/mol. The van der Waals surface area contributed by atoms with Gasteiger partial charge in [-0.1, -0.05) is 0 Å². The Hall–Kier alpha value is -1.34. The molecule has 0 aromatic rings. The van der Waals surface area contributed by atoms with Gasteiger partial charge >= 0.3 is 12.2 Å². The molecular weight excluding hydrogens is 228 g/mol. The predicted octanol–water partition coefficient (Wildman–Crippen LogP) is 0.234. The molecule has 2 unspecified atom stereocenters. The van der Waals surface area contributed by atoms with Crippen LogP contribution < -0.4 is 5.32 Å². The van der Waals surface area contributed by atoms with Gasteiger partial charge in [-0.2, -0.15) is 0 Å². The third kappa shape index (κ3) is 3.57. The van der Waals surface area contributed by atoms with Gasteiger partial charge in [-0.15, -0.1) is 0 Å². The summed E-state index contributed by atoms with van der Waals surface area (Å²) < 4.78 is 4.99. The summed E-state index contributed by atoms with van der Waals surface area (Å²) >= 11 is 0. The van der Waals surface area contributed by atoms with Crippen molar-refractivity contribution in [2.75, 3.05) is 13.1 Å². The highest BCUT2D eigenvalue weighted by molar-refractivity contribution is 5.87. The number of imide groups is 1. The van der Waals surface area contributed by atoms with Gasteiger partial charge in [-0.25, -0.2) is 14.5 Å². The number of amides is 2. The third-order valence-corrected chi connectivity index (χ3v) is 2.28. The highest BCUT2D eigenvalue weighted by Crippen LogP contribution is 2.15. The summed E-state index contributed by atoms with van der Waals surface area (Å²) in [6.07, 6.45) is -3.29. The largest absolute Gasteiger partial charge is 0.465 e. The smallest absolute Gasteiger partial charge is 0.420 e. The maximum Gasteiger partial charge on any atom is 0.420 e. The molecule has 2 atom stereocenters. The summed E-state index contributed by atoms with van der Waals surface area (Å²) in [6.45, 7) is 5.43. The van der Waals surface area contributed by atoms with Gasteiger partial charge in [0, 0.05) is 13.1 Å². The first-order chi connectivity index (χ1) is 7.72. The number of nitrogens with zero attached hydrogens (tertiary/aromatic N) is 1. The number of aliphatic hydroxyl groups is 1. The van der Waals surface area contributed by atoms with Gasteiger partial charge in [0.15, 0.2) is 0 Å². The second-order valence-corrected chi connectivity index (χ2v) is 4.93. The van der Waals surface area contributed by atoms with Crippen molar-refractivity contribution in [1.82, 2.24) is 10.2 Å². The van der Waals surface area contributed by atoms with Crippen LogP contribution in [0.4, 0.5) is 9.59 Å². The summed E-state index contributed by atoms with van der Waals surface area (Å²) in [5.41, 5.74) is -0.776. The van der Waals surface area contributed by atoms with Crippen LogP contribution in [0.2, 0.25) is 0 Å². The summed E-state index contributed by atoms with van der Waals surface area (Å²) in [6, 6.07) is -0.803. The van der Waals surface area contributed by atoms with Crippen molar-refractivity contribution in [2.24, 2.45) is 0 Å². The van der Waals surface area contributed by atoms with E-state index in [0.717, 1.165) is 0 Å². The zero-order valence-electron chi connectivity index (χ0n) is 10.1.